The molecule has 1 atom stereocenters. The molecule has 1 unspecified atom stereocenters. The van der Waals surface area contributed by atoms with Crippen LogP contribution in [-0.2, 0) is 10.0 Å². The van der Waals surface area contributed by atoms with Crippen molar-refractivity contribution in [2.75, 3.05) is 13.1 Å². The Morgan fingerprint density at radius 1 is 0.793 bits per heavy atom. The van der Waals surface area contributed by atoms with Crippen LogP contribution in [0.1, 0.15) is 102 Å². The molecule has 29 heavy (non-hydrogen) atoms. The van der Waals surface area contributed by atoms with Crippen molar-refractivity contribution in [1.82, 2.24) is 4.31 Å². The smallest absolute Gasteiger partial charge is 0.210 e. The summed E-state index contributed by atoms with van der Waals surface area (Å²) in [5.74, 6) is 0. The van der Waals surface area contributed by atoms with E-state index in [1.54, 1.807) is 28.6 Å². The van der Waals surface area contributed by atoms with E-state index in [-0.39, 0.29) is 0 Å². The fourth-order valence-corrected chi connectivity index (χ4v) is 5.29. The highest BCUT2D eigenvalue weighted by atomic mass is 32.2. The lowest BCUT2D eigenvalue weighted by Crippen LogP contribution is -2.36. The Labute approximate surface area is 179 Å². The number of hydrogen-bond donors (Lipinski definition) is 0. The Bertz CT molecular complexity index is 652. The molecule has 4 nitrogen and oxygen atoms in total. The minimum absolute atomic E-state index is 0.522. The number of nitriles is 1. The van der Waals surface area contributed by atoms with Crippen molar-refractivity contribution in [1.29, 1.82) is 5.26 Å². The molecule has 1 rings (SSSR count). The quantitative estimate of drug-likeness (QED) is 0.267. The predicted octanol–water partition coefficient (Wildman–Crippen LogP) is 6.60. The van der Waals surface area contributed by atoms with Crippen LogP contribution in [0.25, 0.3) is 0 Å². The zero-order valence-corrected chi connectivity index (χ0v) is 19.3. The van der Waals surface area contributed by atoms with Crippen molar-refractivity contribution in [3.8, 4) is 6.07 Å². The number of sulfonamides is 1. The standard InChI is InChI=1S/C24H40N2O2S/c1-3-5-7-9-11-16-20-26(21-17-12-10-8-6-4-2)29(27,28)24(22-25)23-18-14-13-15-19-23/h13-15,18-19,24H,3-12,16-17,20-21H2,1-2H3. The Kier molecular flexibility index (Phi) is 13.7. The lowest BCUT2D eigenvalue weighted by Gasteiger charge is -2.25. The van der Waals surface area contributed by atoms with E-state index in [0.717, 1.165) is 38.5 Å². The van der Waals surface area contributed by atoms with E-state index in [2.05, 4.69) is 13.8 Å². The van der Waals surface area contributed by atoms with Gasteiger partial charge in [0.25, 0.3) is 0 Å². The molecule has 0 spiro atoms. The third kappa shape index (κ3) is 9.78. The van der Waals surface area contributed by atoms with E-state index >= 15 is 0 Å². The average Bonchev–Trinajstić information content (AvgIpc) is 2.72. The van der Waals surface area contributed by atoms with Crippen LogP contribution in [0.2, 0.25) is 0 Å². The average molecular weight is 421 g/mol. The van der Waals surface area contributed by atoms with Crippen LogP contribution in [0.4, 0.5) is 0 Å². The van der Waals surface area contributed by atoms with Gasteiger partial charge in [-0.3, -0.25) is 0 Å². The number of benzene rings is 1. The molecule has 0 heterocycles. The van der Waals surface area contributed by atoms with Crippen LogP contribution in [0.15, 0.2) is 30.3 Å². The first kappa shape index (κ1) is 25.7. The Morgan fingerprint density at radius 3 is 1.69 bits per heavy atom. The summed E-state index contributed by atoms with van der Waals surface area (Å²) >= 11 is 0. The summed E-state index contributed by atoms with van der Waals surface area (Å²) in [5.41, 5.74) is 0.561. The van der Waals surface area contributed by atoms with Crippen LogP contribution in [0.3, 0.4) is 0 Å². The van der Waals surface area contributed by atoms with Gasteiger partial charge in [0.1, 0.15) is 0 Å². The number of nitrogens with zero attached hydrogens (tertiary/aromatic N) is 2. The summed E-state index contributed by atoms with van der Waals surface area (Å²) in [7, 11) is -3.69. The van der Waals surface area contributed by atoms with Gasteiger partial charge in [0.2, 0.25) is 10.0 Å². The summed E-state index contributed by atoms with van der Waals surface area (Å²) in [6, 6.07) is 10.9. The van der Waals surface area contributed by atoms with E-state index in [1.807, 2.05) is 12.1 Å². The molecule has 0 aromatic heterocycles. The molecule has 0 aliphatic rings. The van der Waals surface area contributed by atoms with E-state index in [1.165, 1.54) is 38.5 Å². The molecule has 1 aromatic carbocycles. The van der Waals surface area contributed by atoms with Crippen molar-refractivity contribution in [2.45, 2.75) is 96.1 Å². The fourth-order valence-electron chi connectivity index (χ4n) is 3.59. The molecule has 1 aromatic rings. The van der Waals surface area contributed by atoms with Crippen molar-refractivity contribution in [3.05, 3.63) is 35.9 Å². The minimum atomic E-state index is -3.69. The molecule has 0 N–H and O–H groups in total. The normalized spacial score (nSPS) is 12.8. The summed E-state index contributed by atoms with van der Waals surface area (Å²) < 4.78 is 28.2. The zero-order valence-electron chi connectivity index (χ0n) is 18.5. The molecule has 0 bridgehead atoms. The second-order valence-electron chi connectivity index (χ2n) is 7.90. The summed E-state index contributed by atoms with van der Waals surface area (Å²) in [6.45, 7) is 5.43. The van der Waals surface area contributed by atoms with Gasteiger partial charge in [-0.05, 0) is 18.4 Å². The van der Waals surface area contributed by atoms with Crippen molar-refractivity contribution < 1.29 is 8.42 Å². The van der Waals surface area contributed by atoms with Crippen LogP contribution in [0.5, 0.6) is 0 Å². The van der Waals surface area contributed by atoms with E-state index in [4.69, 9.17) is 0 Å². The highest BCUT2D eigenvalue weighted by Crippen LogP contribution is 2.26. The topological polar surface area (TPSA) is 61.2 Å². The number of rotatable bonds is 17. The lowest BCUT2D eigenvalue weighted by molar-refractivity contribution is 0.381. The third-order valence-electron chi connectivity index (χ3n) is 5.40. The second kappa shape index (κ2) is 15.5. The minimum Gasteiger partial charge on any atom is -0.210 e. The van der Waals surface area contributed by atoms with E-state index in [0.29, 0.717) is 18.7 Å². The van der Waals surface area contributed by atoms with Gasteiger partial charge >= 0.3 is 0 Å². The van der Waals surface area contributed by atoms with Gasteiger partial charge < -0.3 is 0 Å². The van der Waals surface area contributed by atoms with Gasteiger partial charge in [0.15, 0.2) is 5.25 Å². The molecule has 0 aliphatic carbocycles. The Hall–Kier alpha value is -1.38. The first-order chi connectivity index (χ1) is 14.1. The first-order valence-electron chi connectivity index (χ1n) is 11.5. The van der Waals surface area contributed by atoms with E-state index < -0.39 is 15.3 Å². The Balaban J connectivity index is 2.74. The van der Waals surface area contributed by atoms with E-state index in [9.17, 15) is 13.7 Å². The monoisotopic (exact) mass is 420 g/mol. The number of hydrogen-bond acceptors (Lipinski definition) is 3. The lowest BCUT2D eigenvalue weighted by atomic mass is 10.1. The van der Waals surface area contributed by atoms with Gasteiger partial charge in [0.05, 0.1) is 6.07 Å². The molecule has 0 radical (unpaired) electrons. The largest absolute Gasteiger partial charge is 0.234 e. The van der Waals surface area contributed by atoms with Crippen LogP contribution in [0, 0.1) is 11.3 Å². The van der Waals surface area contributed by atoms with Gasteiger partial charge in [-0.1, -0.05) is 108 Å². The molecule has 0 saturated carbocycles. The first-order valence-corrected chi connectivity index (χ1v) is 13.0. The van der Waals surface area contributed by atoms with Crippen LogP contribution < -0.4 is 0 Å². The summed E-state index contributed by atoms with van der Waals surface area (Å²) in [4.78, 5) is 0. The molecule has 0 saturated heterocycles. The molecule has 5 heteroatoms. The molecule has 0 aliphatic heterocycles. The third-order valence-corrected chi connectivity index (χ3v) is 7.46. The van der Waals surface area contributed by atoms with Gasteiger partial charge in [-0.2, -0.15) is 5.26 Å². The SMILES string of the molecule is CCCCCCCCN(CCCCCCCC)S(=O)(=O)C(C#N)c1ccccc1. The summed E-state index contributed by atoms with van der Waals surface area (Å²) in [6.07, 6.45) is 13.5. The van der Waals surface area contributed by atoms with Gasteiger partial charge in [-0.25, -0.2) is 12.7 Å². The highest BCUT2D eigenvalue weighted by Gasteiger charge is 2.32. The fraction of sp³-hybridized carbons (Fsp3) is 0.708. The van der Waals surface area contributed by atoms with Crippen LogP contribution >= 0.6 is 0 Å². The highest BCUT2D eigenvalue weighted by molar-refractivity contribution is 7.89. The maximum absolute atomic E-state index is 13.3. The maximum Gasteiger partial charge on any atom is 0.234 e. The Morgan fingerprint density at radius 2 is 1.24 bits per heavy atom. The predicted molar refractivity (Wildman–Crippen MR) is 122 cm³/mol. The molecule has 0 fully saturated rings. The zero-order chi connectivity index (χ0) is 21.4. The molecular weight excluding hydrogens is 380 g/mol. The second-order valence-corrected chi connectivity index (χ2v) is 9.92. The summed E-state index contributed by atoms with van der Waals surface area (Å²) in [5, 5.41) is 8.52. The van der Waals surface area contributed by atoms with Gasteiger partial charge in [-0.15, -0.1) is 0 Å². The van der Waals surface area contributed by atoms with Crippen molar-refractivity contribution in [3.63, 3.8) is 0 Å². The van der Waals surface area contributed by atoms with Crippen molar-refractivity contribution >= 4 is 10.0 Å². The van der Waals surface area contributed by atoms with Crippen LogP contribution in [-0.4, -0.2) is 25.8 Å². The van der Waals surface area contributed by atoms with Gasteiger partial charge in [0, 0.05) is 13.1 Å². The molecular formula is C24H40N2O2S. The van der Waals surface area contributed by atoms with Crippen molar-refractivity contribution in [2.24, 2.45) is 0 Å². The molecule has 0 amide bonds. The number of unbranched alkanes of at least 4 members (excludes halogenated alkanes) is 10. The maximum atomic E-state index is 13.3. The molecule has 164 valence electrons.